The zero-order valence-electron chi connectivity index (χ0n) is 8.90. The highest BCUT2D eigenvalue weighted by Gasteiger charge is 2.20. The molecule has 76 valence electrons. The fourth-order valence-electron chi connectivity index (χ4n) is 1.97. The van der Waals surface area contributed by atoms with E-state index in [0.29, 0.717) is 6.04 Å². The van der Waals surface area contributed by atoms with Gasteiger partial charge < -0.3 is 4.90 Å². The third-order valence-corrected chi connectivity index (χ3v) is 2.84. The molecule has 0 amide bonds. The van der Waals surface area contributed by atoms with Crippen molar-refractivity contribution in [3.8, 4) is 0 Å². The van der Waals surface area contributed by atoms with Crippen molar-refractivity contribution in [3.05, 3.63) is 18.0 Å². The lowest BCUT2D eigenvalue weighted by atomic mass is 10.0. The van der Waals surface area contributed by atoms with Gasteiger partial charge in [0.15, 0.2) is 0 Å². The Hall–Kier alpha value is -1.12. The molecule has 14 heavy (non-hydrogen) atoms. The second kappa shape index (κ2) is 3.95. The smallest absolute Gasteiger partial charge is 0.225 e. The number of anilines is 1. The topological polar surface area (TPSA) is 29.0 Å². The highest BCUT2D eigenvalue weighted by atomic mass is 15.3. The maximum Gasteiger partial charge on any atom is 0.225 e. The van der Waals surface area contributed by atoms with E-state index in [1.54, 1.807) is 0 Å². The Bertz CT molecular complexity index is 311. The summed E-state index contributed by atoms with van der Waals surface area (Å²) in [6.45, 7) is 5.37. The van der Waals surface area contributed by atoms with Crippen molar-refractivity contribution >= 4 is 5.95 Å². The van der Waals surface area contributed by atoms with Crippen molar-refractivity contribution in [2.45, 2.75) is 39.2 Å². The summed E-state index contributed by atoms with van der Waals surface area (Å²) in [5.41, 5.74) is 1.05. The second-order valence-electron chi connectivity index (χ2n) is 4.04. The van der Waals surface area contributed by atoms with Crippen LogP contribution in [0, 0.1) is 6.92 Å². The van der Waals surface area contributed by atoms with Gasteiger partial charge in [-0.3, -0.25) is 0 Å². The van der Waals surface area contributed by atoms with Gasteiger partial charge in [-0.25, -0.2) is 9.97 Å². The third kappa shape index (κ3) is 1.86. The SMILES string of the molecule is Cc1ccnc(N2CCCCC2C)n1. The first-order chi connectivity index (χ1) is 6.77. The Labute approximate surface area is 85.2 Å². The molecule has 1 aliphatic rings. The molecule has 2 heterocycles. The molecule has 1 unspecified atom stereocenters. The molecule has 0 spiro atoms. The van der Waals surface area contributed by atoms with Crippen molar-refractivity contribution in [1.29, 1.82) is 0 Å². The van der Waals surface area contributed by atoms with E-state index in [0.717, 1.165) is 18.2 Å². The highest BCUT2D eigenvalue weighted by Crippen LogP contribution is 2.20. The number of hydrogen-bond donors (Lipinski definition) is 0. The van der Waals surface area contributed by atoms with E-state index in [4.69, 9.17) is 0 Å². The van der Waals surface area contributed by atoms with E-state index in [-0.39, 0.29) is 0 Å². The number of rotatable bonds is 1. The molecule has 0 bridgehead atoms. The first-order valence-corrected chi connectivity index (χ1v) is 5.33. The van der Waals surface area contributed by atoms with Gasteiger partial charge in [-0.15, -0.1) is 0 Å². The van der Waals surface area contributed by atoms with Gasteiger partial charge in [0.25, 0.3) is 0 Å². The van der Waals surface area contributed by atoms with Crippen LogP contribution in [-0.4, -0.2) is 22.6 Å². The van der Waals surface area contributed by atoms with Gasteiger partial charge in [0.2, 0.25) is 5.95 Å². The Morgan fingerprint density at radius 1 is 1.43 bits per heavy atom. The van der Waals surface area contributed by atoms with Crippen molar-refractivity contribution in [2.75, 3.05) is 11.4 Å². The summed E-state index contributed by atoms with van der Waals surface area (Å²) in [5, 5.41) is 0. The molecule has 0 radical (unpaired) electrons. The molecule has 0 aliphatic carbocycles. The first kappa shape index (κ1) is 9.44. The largest absolute Gasteiger partial charge is 0.338 e. The summed E-state index contributed by atoms with van der Waals surface area (Å²) in [5.74, 6) is 0.900. The van der Waals surface area contributed by atoms with Crippen molar-refractivity contribution in [3.63, 3.8) is 0 Å². The molecule has 1 fully saturated rings. The van der Waals surface area contributed by atoms with Gasteiger partial charge in [0.05, 0.1) is 0 Å². The van der Waals surface area contributed by atoms with E-state index in [1.807, 2.05) is 19.2 Å². The molecule has 2 rings (SSSR count). The van der Waals surface area contributed by atoms with Crippen LogP contribution in [0.5, 0.6) is 0 Å². The fraction of sp³-hybridized carbons (Fsp3) is 0.636. The van der Waals surface area contributed by atoms with Gasteiger partial charge in [-0.1, -0.05) is 0 Å². The van der Waals surface area contributed by atoms with Crippen LogP contribution < -0.4 is 4.90 Å². The summed E-state index contributed by atoms with van der Waals surface area (Å²) in [6, 6.07) is 2.53. The minimum atomic E-state index is 0.588. The van der Waals surface area contributed by atoms with E-state index in [9.17, 15) is 0 Å². The number of piperidine rings is 1. The molecule has 1 aromatic rings. The molecule has 1 aromatic heterocycles. The molecule has 0 saturated carbocycles. The lowest BCUT2D eigenvalue weighted by Gasteiger charge is -2.33. The molecular weight excluding hydrogens is 174 g/mol. The lowest BCUT2D eigenvalue weighted by Crippen LogP contribution is -2.38. The minimum absolute atomic E-state index is 0.588. The Morgan fingerprint density at radius 2 is 2.29 bits per heavy atom. The first-order valence-electron chi connectivity index (χ1n) is 5.33. The minimum Gasteiger partial charge on any atom is -0.338 e. The Balaban J connectivity index is 2.20. The number of aromatic nitrogens is 2. The van der Waals surface area contributed by atoms with E-state index < -0.39 is 0 Å². The Kier molecular flexibility index (Phi) is 2.66. The molecular formula is C11H17N3. The van der Waals surface area contributed by atoms with Crippen LogP contribution >= 0.6 is 0 Å². The van der Waals surface area contributed by atoms with Gasteiger partial charge >= 0.3 is 0 Å². The van der Waals surface area contributed by atoms with Crippen LogP contribution in [-0.2, 0) is 0 Å². The van der Waals surface area contributed by atoms with Gasteiger partial charge in [-0.2, -0.15) is 0 Å². The number of aryl methyl sites for hydroxylation is 1. The zero-order valence-corrected chi connectivity index (χ0v) is 8.90. The monoisotopic (exact) mass is 191 g/mol. The zero-order chi connectivity index (χ0) is 9.97. The fourth-order valence-corrected chi connectivity index (χ4v) is 1.97. The molecule has 1 aliphatic heterocycles. The standard InChI is InChI=1S/C11H17N3/c1-9-6-7-12-11(13-9)14-8-4-3-5-10(14)2/h6-7,10H,3-5,8H2,1-2H3. The van der Waals surface area contributed by atoms with Crippen LogP contribution in [0.4, 0.5) is 5.95 Å². The second-order valence-corrected chi connectivity index (χ2v) is 4.04. The average Bonchev–Trinajstić information content (AvgIpc) is 2.18. The normalized spacial score (nSPS) is 22.4. The average molecular weight is 191 g/mol. The van der Waals surface area contributed by atoms with Crippen LogP contribution in [0.25, 0.3) is 0 Å². The summed E-state index contributed by atoms with van der Waals surface area (Å²) < 4.78 is 0. The molecule has 0 N–H and O–H groups in total. The van der Waals surface area contributed by atoms with Gasteiger partial charge in [0.1, 0.15) is 0 Å². The summed E-state index contributed by atoms with van der Waals surface area (Å²) in [7, 11) is 0. The number of nitrogens with zero attached hydrogens (tertiary/aromatic N) is 3. The predicted octanol–water partition coefficient (Wildman–Crippen LogP) is 2.16. The van der Waals surface area contributed by atoms with E-state index in [2.05, 4.69) is 21.8 Å². The molecule has 1 saturated heterocycles. The van der Waals surface area contributed by atoms with Crippen LogP contribution in [0.1, 0.15) is 31.9 Å². The summed E-state index contributed by atoms with van der Waals surface area (Å²) in [4.78, 5) is 11.1. The summed E-state index contributed by atoms with van der Waals surface area (Å²) >= 11 is 0. The van der Waals surface area contributed by atoms with E-state index >= 15 is 0 Å². The third-order valence-electron chi connectivity index (χ3n) is 2.84. The van der Waals surface area contributed by atoms with E-state index in [1.165, 1.54) is 19.3 Å². The lowest BCUT2D eigenvalue weighted by molar-refractivity contribution is 0.476. The van der Waals surface area contributed by atoms with Gasteiger partial charge in [0, 0.05) is 24.5 Å². The van der Waals surface area contributed by atoms with Crippen molar-refractivity contribution < 1.29 is 0 Å². The molecule has 1 atom stereocenters. The predicted molar refractivity (Wildman–Crippen MR) is 57.4 cm³/mol. The van der Waals surface area contributed by atoms with Crippen LogP contribution in [0.15, 0.2) is 12.3 Å². The summed E-state index contributed by atoms with van der Waals surface area (Å²) in [6.07, 6.45) is 5.71. The van der Waals surface area contributed by atoms with Gasteiger partial charge in [-0.05, 0) is 39.2 Å². The van der Waals surface area contributed by atoms with Crippen molar-refractivity contribution in [2.24, 2.45) is 0 Å². The molecule has 3 nitrogen and oxygen atoms in total. The van der Waals surface area contributed by atoms with Crippen LogP contribution in [0.3, 0.4) is 0 Å². The maximum atomic E-state index is 4.46. The maximum absolute atomic E-state index is 4.46. The quantitative estimate of drug-likeness (QED) is 0.681. The van der Waals surface area contributed by atoms with Crippen molar-refractivity contribution in [1.82, 2.24) is 9.97 Å². The van der Waals surface area contributed by atoms with Crippen LogP contribution in [0.2, 0.25) is 0 Å². The molecule has 0 aromatic carbocycles. The Morgan fingerprint density at radius 3 is 3.00 bits per heavy atom. The molecule has 3 heteroatoms. The number of hydrogen-bond acceptors (Lipinski definition) is 3. The highest BCUT2D eigenvalue weighted by molar-refractivity contribution is 5.32.